The van der Waals surface area contributed by atoms with E-state index < -0.39 is 0 Å². The van der Waals surface area contributed by atoms with Crippen molar-refractivity contribution in [2.45, 2.75) is 12.8 Å². The molecule has 0 spiro atoms. The minimum Gasteiger partial charge on any atom is -0.380 e. The summed E-state index contributed by atoms with van der Waals surface area (Å²) in [6.07, 6.45) is 1.77. The fraction of sp³-hybridized carbons (Fsp3) is 0.316. The molecule has 3 aromatic rings. The van der Waals surface area contributed by atoms with E-state index in [1.165, 1.54) is 15.9 Å². The van der Waals surface area contributed by atoms with Gasteiger partial charge in [0.15, 0.2) is 5.13 Å². The van der Waals surface area contributed by atoms with Crippen molar-refractivity contribution in [2.24, 2.45) is 7.05 Å². The number of hydrogen-bond donors (Lipinski definition) is 2. The van der Waals surface area contributed by atoms with Crippen LogP contribution in [0.5, 0.6) is 0 Å². The minimum absolute atomic E-state index is 0.216. The highest BCUT2D eigenvalue weighted by molar-refractivity contribution is 7.71. The van der Waals surface area contributed by atoms with Crippen molar-refractivity contribution < 1.29 is 4.74 Å². The van der Waals surface area contributed by atoms with Crippen LogP contribution in [0.3, 0.4) is 0 Å². The molecule has 1 atom stereocenters. The van der Waals surface area contributed by atoms with Crippen LogP contribution >= 0.6 is 35.2 Å². The van der Waals surface area contributed by atoms with Crippen molar-refractivity contribution >= 4 is 40.3 Å². The maximum absolute atomic E-state index is 11.9. The lowest BCUT2D eigenvalue weighted by Crippen LogP contribution is -2.22. The number of ether oxygens (including phenoxy) is 1. The summed E-state index contributed by atoms with van der Waals surface area (Å²) in [4.78, 5) is 19.4. The van der Waals surface area contributed by atoms with E-state index in [2.05, 4.69) is 10.3 Å². The van der Waals surface area contributed by atoms with Crippen LogP contribution < -0.4 is 11.0 Å². The first-order chi connectivity index (χ1) is 13.5. The number of aryl methyl sites for hydroxylation is 1. The van der Waals surface area contributed by atoms with Crippen molar-refractivity contribution in [1.29, 1.82) is 0 Å². The van der Waals surface area contributed by atoms with Crippen molar-refractivity contribution in [3.05, 3.63) is 72.8 Å². The molecular weight excluding hydrogens is 416 g/mol. The topological polar surface area (TPSA) is 71.9 Å². The highest BCUT2D eigenvalue weighted by atomic mass is 35.5. The molecular formula is C19H21ClN4O2S2. The van der Waals surface area contributed by atoms with Gasteiger partial charge >= 0.3 is 5.69 Å². The SMILES string of the molecule is CCOCCNc1nc(C(c2ccc(Cl)cc2)c2cn(C)c(=O)[nH]c2=S)cs1. The van der Waals surface area contributed by atoms with Crippen LogP contribution in [0.1, 0.15) is 29.7 Å². The molecule has 2 aromatic heterocycles. The molecule has 28 heavy (non-hydrogen) atoms. The van der Waals surface area contributed by atoms with Gasteiger partial charge in [-0.1, -0.05) is 36.0 Å². The first-order valence-electron chi connectivity index (χ1n) is 8.82. The Hall–Kier alpha value is -2.00. The monoisotopic (exact) mass is 436 g/mol. The van der Waals surface area contributed by atoms with E-state index in [9.17, 15) is 4.79 Å². The standard InChI is InChI=1S/C19H21ClN4O2S2/c1-3-26-9-8-21-18-22-15(11-28-18)16(12-4-6-13(20)7-5-12)14-10-24(2)19(25)23-17(14)27/h4-7,10-11,16H,3,8-9H2,1-2H3,(H,21,22)(H,23,25,27). The zero-order valence-corrected chi connectivity index (χ0v) is 18.0. The first-order valence-corrected chi connectivity index (χ1v) is 10.5. The lowest BCUT2D eigenvalue weighted by molar-refractivity contribution is 0.158. The van der Waals surface area contributed by atoms with E-state index in [4.69, 9.17) is 33.5 Å². The van der Waals surface area contributed by atoms with Crippen molar-refractivity contribution in [3.8, 4) is 0 Å². The molecule has 0 aliphatic carbocycles. The number of halogens is 1. The molecule has 0 fully saturated rings. The van der Waals surface area contributed by atoms with Crippen molar-refractivity contribution in [2.75, 3.05) is 25.1 Å². The van der Waals surface area contributed by atoms with Crippen molar-refractivity contribution in [1.82, 2.24) is 14.5 Å². The molecule has 9 heteroatoms. The quantitative estimate of drug-likeness (QED) is 0.409. The summed E-state index contributed by atoms with van der Waals surface area (Å²) >= 11 is 13.0. The Morgan fingerprint density at radius 2 is 2.14 bits per heavy atom. The molecule has 0 bridgehead atoms. The van der Waals surface area contributed by atoms with Gasteiger partial charge in [-0.05, 0) is 24.6 Å². The van der Waals surface area contributed by atoms with Gasteiger partial charge < -0.3 is 14.6 Å². The maximum Gasteiger partial charge on any atom is 0.326 e. The second-order valence-corrected chi connectivity index (χ2v) is 7.84. The molecule has 0 amide bonds. The predicted octanol–water partition coefficient (Wildman–Crippen LogP) is 4.18. The van der Waals surface area contributed by atoms with Crippen LogP contribution in [-0.2, 0) is 11.8 Å². The number of thiazole rings is 1. The number of aromatic amines is 1. The number of anilines is 1. The Labute approximate surface area is 177 Å². The summed E-state index contributed by atoms with van der Waals surface area (Å²) in [5.74, 6) is -0.216. The van der Waals surface area contributed by atoms with E-state index in [1.807, 2.05) is 36.6 Å². The molecule has 1 unspecified atom stereocenters. The number of aromatic nitrogens is 3. The third kappa shape index (κ3) is 4.88. The van der Waals surface area contributed by atoms with Gasteiger partial charge in [0.2, 0.25) is 0 Å². The number of H-pyrrole nitrogens is 1. The largest absolute Gasteiger partial charge is 0.380 e. The zero-order valence-electron chi connectivity index (χ0n) is 15.6. The van der Waals surface area contributed by atoms with E-state index in [0.717, 1.165) is 22.0 Å². The number of benzene rings is 1. The van der Waals surface area contributed by atoms with Crippen LogP contribution in [0, 0.1) is 4.64 Å². The van der Waals surface area contributed by atoms with Gasteiger partial charge in [-0.25, -0.2) is 9.78 Å². The van der Waals surface area contributed by atoms with Gasteiger partial charge in [-0.15, -0.1) is 11.3 Å². The second-order valence-electron chi connectivity index (χ2n) is 6.14. The molecule has 0 saturated carbocycles. The Morgan fingerprint density at radius 3 is 2.86 bits per heavy atom. The molecule has 0 aliphatic heterocycles. The Balaban J connectivity index is 1.99. The smallest absolute Gasteiger partial charge is 0.326 e. The number of nitrogens with one attached hydrogen (secondary N) is 2. The van der Waals surface area contributed by atoms with E-state index >= 15 is 0 Å². The van der Waals surface area contributed by atoms with E-state index in [-0.39, 0.29) is 11.6 Å². The van der Waals surface area contributed by atoms with Gasteiger partial charge in [0, 0.05) is 42.4 Å². The summed E-state index contributed by atoms with van der Waals surface area (Å²) in [6, 6.07) is 7.58. The van der Waals surface area contributed by atoms with Gasteiger partial charge in [0.05, 0.1) is 18.2 Å². The van der Waals surface area contributed by atoms with Crippen LogP contribution in [0.15, 0.2) is 40.6 Å². The highest BCUT2D eigenvalue weighted by Crippen LogP contribution is 2.34. The number of rotatable bonds is 8. The lowest BCUT2D eigenvalue weighted by Gasteiger charge is -2.17. The molecule has 148 valence electrons. The van der Waals surface area contributed by atoms with Crippen LogP contribution in [0.2, 0.25) is 5.02 Å². The first kappa shape index (κ1) is 20.7. The lowest BCUT2D eigenvalue weighted by atomic mass is 9.91. The normalized spacial score (nSPS) is 12.1. The second kappa shape index (κ2) is 9.47. The Kier molecular flexibility index (Phi) is 7.01. The van der Waals surface area contributed by atoms with Gasteiger partial charge in [0.25, 0.3) is 0 Å². The average Bonchev–Trinajstić information content (AvgIpc) is 3.13. The predicted molar refractivity (Wildman–Crippen MR) is 116 cm³/mol. The molecule has 1 aromatic carbocycles. The third-order valence-electron chi connectivity index (χ3n) is 4.19. The van der Waals surface area contributed by atoms with Crippen LogP contribution in [0.25, 0.3) is 0 Å². The average molecular weight is 437 g/mol. The molecule has 3 rings (SSSR count). The Morgan fingerprint density at radius 1 is 1.39 bits per heavy atom. The fourth-order valence-corrected chi connectivity index (χ4v) is 3.98. The van der Waals surface area contributed by atoms with Gasteiger partial charge in [0.1, 0.15) is 4.64 Å². The maximum atomic E-state index is 11.9. The Bertz CT molecular complexity index is 1040. The molecule has 0 saturated heterocycles. The van der Waals surface area contributed by atoms with Gasteiger partial charge in [-0.3, -0.25) is 4.98 Å². The van der Waals surface area contributed by atoms with E-state index in [1.54, 1.807) is 13.2 Å². The number of nitrogens with zero attached hydrogens (tertiary/aromatic N) is 2. The highest BCUT2D eigenvalue weighted by Gasteiger charge is 2.22. The molecule has 0 radical (unpaired) electrons. The van der Waals surface area contributed by atoms with Gasteiger partial charge in [-0.2, -0.15) is 0 Å². The van der Waals surface area contributed by atoms with Crippen LogP contribution in [0.4, 0.5) is 5.13 Å². The molecule has 2 heterocycles. The summed E-state index contributed by atoms with van der Waals surface area (Å²) in [6.45, 7) is 3.97. The molecule has 6 nitrogen and oxygen atoms in total. The summed E-state index contributed by atoms with van der Waals surface area (Å²) in [5, 5.41) is 6.75. The third-order valence-corrected chi connectivity index (χ3v) is 5.60. The molecule has 2 N–H and O–H groups in total. The van der Waals surface area contributed by atoms with Crippen LogP contribution in [-0.4, -0.2) is 34.3 Å². The summed E-state index contributed by atoms with van der Waals surface area (Å²) < 4.78 is 7.24. The van der Waals surface area contributed by atoms with E-state index in [0.29, 0.717) is 29.4 Å². The minimum atomic E-state index is -0.250. The fourth-order valence-electron chi connectivity index (χ4n) is 2.83. The summed E-state index contributed by atoms with van der Waals surface area (Å²) in [7, 11) is 1.69. The van der Waals surface area contributed by atoms with Crippen molar-refractivity contribution in [3.63, 3.8) is 0 Å². The summed E-state index contributed by atoms with van der Waals surface area (Å²) in [5.41, 5.74) is 2.41. The number of hydrogen-bond acceptors (Lipinski definition) is 6. The molecule has 0 aliphatic rings. The zero-order chi connectivity index (χ0) is 20.1.